The highest BCUT2D eigenvalue weighted by Crippen LogP contribution is 2.32. The van der Waals surface area contributed by atoms with Gasteiger partial charge in [0.1, 0.15) is 11.4 Å². The van der Waals surface area contributed by atoms with Crippen LogP contribution >= 0.6 is 0 Å². The molecule has 0 aliphatic carbocycles. The van der Waals surface area contributed by atoms with E-state index in [1.165, 1.54) is 30.3 Å². The summed E-state index contributed by atoms with van der Waals surface area (Å²) in [6.45, 7) is 1.66. The van der Waals surface area contributed by atoms with Gasteiger partial charge in [-0.1, -0.05) is 12.1 Å². The average molecular weight is 434 g/mol. The lowest BCUT2D eigenvalue weighted by Gasteiger charge is -2.47. The van der Waals surface area contributed by atoms with E-state index in [4.69, 9.17) is 4.42 Å². The molecular formula is C25H23FN2O4. The van der Waals surface area contributed by atoms with Gasteiger partial charge in [-0.2, -0.15) is 0 Å². The van der Waals surface area contributed by atoms with Gasteiger partial charge in [-0.25, -0.2) is 4.39 Å². The molecule has 7 heteroatoms. The number of fused-ring (bicyclic) bond motifs is 2. The lowest BCUT2D eigenvalue weighted by molar-refractivity contribution is 0.0180. The zero-order chi connectivity index (χ0) is 22.2. The van der Waals surface area contributed by atoms with Crippen LogP contribution in [0.1, 0.15) is 40.2 Å². The highest BCUT2D eigenvalue weighted by atomic mass is 19.1. The second-order valence-corrected chi connectivity index (χ2v) is 8.49. The van der Waals surface area contributed by atoms with E-state index in [2.05, 4.69) is 0 Å². The van der Waals surface area contributed by atoms with Gasteiger partial charge in [0.05, 0.1) is 5.39 Å². The Morgan fingerprint density at radius 2 is 1.75 bits per heavy atom. The third-order valence-electron chi connectivity index (χ3n) is 6.55. The molecule has 2 aliphatic heterocycles. The van der Waals surface area contributed by atoms with Crippen molar-refractivity contribution in [3.63, 3.8) is 0 Å². The summed E-state index contributed by atoms with van der Waals surface area (Å²) in [5.74, 6) is -0.562. The van der Waals surface area contributed by atoms with Crippen LogP contribution in [0.4, 0.5) is 4.39 Å². The summed E-state index contributed by atoms with van der Waals surface area (Å²) in [5, 5.41) is 0.452. The molecule has 2 atom stereocenters. The van der Waals surface area contributed by atoms with Crippen molar-refractivity contribution in [2.45, 2.75) is 25.3 Å². The number of piperidine rings is 2. The van der Waals surface area contributed by atoms with Crippen molar-refractivity contribution >= 4 is 22.8 Å². The first-order chi connectivity index (χ1) is 15.5. The predicted octanol–water partition coefficient (Wildman–Crippen LogP) is 3.70. The minimum Gasteiger partial charge on any atom is -0.451 e. The van der Waals surface area contributed by atoms with E-state index in [0.29, 0.717) is 42.6 Å². The maximum absolute atomic E-state index is 13.3. The summed E-state index contributed by atoms with van der Waals surface area (Å²) in [6, 6.07) is 13.8. The zero-order valence-electron chi connectivity index (χ0n) is 17.5. The van der Waals surface area contributed by atoms with Crippen molar-refractivity contribution in [1.82, 2.24) is 9.80 Å². The quantitative estimate of drug-likeness (QED) is 0.617. The van der Waals surface area contributed by atoms with Crippen molar-refractivity contribution in [2.24, 2.45) is 5.92 Å². The van der Waals surface area contributed by atoms with Gasteiger partial charge in [-0.3, -0.25) is 14.4 Å². The minimum absolute atomic E-state index is 0.00899. The van der Waals surface area contributed by atoms with Crippen LogP contribution in [-0.4, -0.2) is 47.3 Å². The van der Waals surface area contributed by atoms with E-state index in [-0.39, 0.29) is 40.8 Å². The SMILES string of the molecule is O=C(c1ccc(F)cc1)N1CC[C@H]2[C@H](CCCN2C(=O)c2cc(=O)c3ccccc3o2)C1. The van der Waals surface area contributed by atoms with Gasteiger partial charge < -0.3 is 14.2 Å². The summed E-state index contributed by atoms with van der Waals surface area (Å²) in [4.78, 5) is 42.2. The van der Waals surface area contributed by atoms with Gasteiger partial charge in [-0.15, -0.1) is 0 Å². The van der Waals surface area contributed by atoms with E-state index in [1.807, 2.05) is 0 Å². The van der Waals surface area contributed by atoms with Crippen LogP contribution in [0.15, 0.2) is 63.8 Å². The van der Waals surface area contributed by atoms with Crippen LogP contribution in [0.3, 0.4) is 0 Å². The molecule has 2 aromatic carbocycles. The van der Waals surface area contributed by atoms with E-state index in [9.17, 15) is 18.8 Å². The molecule has 0 N–H and O–H groups in total. The molecule has 3 aromatic rings. The molecule has 5 rings (SSSR count). The van der Waals surface area contributed by atoms with Gasteiger partial charge in [0.25, 0.3) is 11.8 Å². The third kappa shape index (κ3) is 3.68. The normalized spacial score (nSPS) is 20.8. The number of nitrogens with zero attached hydrogens (tertiary/aromatic N) is 2. The number of amides is 2. The Morgan fingerprint density at radius 1 is 0.969 bits per heavy atom. The Labute approximate surface area is 184 Å². The van der Waals surface area contributed by atoms with Crippen LogP contribution in [0.5, 0.6) is 0 Å². The van der Waals surface area contributed by atoms with Crippen molar-refractivity contribution in [3.05, 3.63) is 82.0 Å². The van der Waals surface area contributed by atoms with Crippen molar-refractivity contribution < 1.29 is 18.4 Å². The Hall–Kier alpha value is -3.48. The van der Waals surface area contributed by atoms with Gasteiger partial charge in [0.2, 0.25) is 0 Å². The first kappa shape index (κ1) is 20.4. The van der Waals surface area contributed by atoms with Gasteiger partial charge >= 0.3 is 0 Å². The molecular weight excluding hydrogens is 411 g/mol. The molecule has 0 unspecified atom stereocenters. The number of halogens is 1. The smallest absolute Gasteiger partial charge is 0.289 e. The largest absolute Gasteiger partial charge is 0.451 e. The number of likely N-dealkylation sites (tertiary alicyclic amines) is 2. The van der Waals surface area contributed by atoms with Crippen LogP contribution in [0.25, 0.3) is 11.0 Å². The van der Waals surface area contributed by atoms with Gasteiger partial charge in [-0.05, 0) is 61.6 Å². The zero-order valence-corrected chi connectivity index (χ0v) is 17.5. The Kier molecular flexibility index (Phi) is 5.25. The maximum atomic E-state index is 13.3. The molecule has 0 spiro atoms. The van der Waals surface area contributed by atoms with Crippen LogP contribution < -0.4 is 5.43 Å². The number of carbonyl (C=O) groups is 2. The molecule has 2 aliphatic rings. The summed E-state index contributed by atoms with van der Waals surface area (Å²) >= 11 is 0. The van der Waals surface area contributed by atoms with Crippen molar-refractivity contribution in [2.75, 3.05) is 19.6 Å². The molecule has 2 amide bonds. The minimum atomic E-state index is -0.373. The number of rotatable bonds is 2. The van der Waals surface area contributed by atoms with Crippen LogP contribution in [-0.2, 0) is 0 Å². The Balaban J connectivity index is 1.35. The first-order valence-corrected chi connectivity index (χ1v) is 10.9. The second kappa shape index (κ2) is 8.22. The summed E-state index contributed by atoms with van der Waals surface area (Å²) in [7, 11) is 0. The fourth-order valence-corrected chi connectivity index (χ4v) is 4.97. The van der Waals surface area contributed by atoms with Gasteiger partial charge in [0.15, 0.2) is 11.2 Å². The van der Waals surface area contributed by atoms with Gasteiger partial charge in [0, 0.05) is 37.3 Å². The van der Waals surface area contributed by atoms with Crippen molar-refractivity contribution in [1.29, 1.82) is 0 Å². The molecule has 32 heavy (non-hydrogen) atoms. The molecule has 6 nitrogen and oxygen atoms in total. The highest BCUT2D eigenvalue weighted by Gasteiger charge is 2.40. The standard InChI is InChI=1S/C25H23FN2O4/c26-18-9-7-16(8-10-18)24(30)27-13-11-20-17(15-27)4-3-12-28(20)25(31)23-14-21(29)19-5-1-2-6-22(19)32-23/h1-2,5-10,14,17,20H,3-4,11-13,15H2/t17-,20+/m1/s1. The topological polar surface area (TPSA) is 70.8 Å². The predicted molar refractivity (Wildman–Crippen MR) is 117 cm³/mol. The number of benzene rings is 2. The highest BCUT2D eigenvalue weighted by molar-refractivity contribution is 5.95. The molecule has 164 valence electrons. The maximum Gasteiger partial charge on any atom is 0.289 e. The fraction of sp³-hybridized carbons (Fsp3) is 0.320. The Bertz CT molecular complexity index is 1240. The van der Waals surface area contributed by atoms with E-state index >= 15 is 0 Å². The fourth-order valence-electron chi connectivity index (χ4n) is 4.97. The van der Waals surface area contributed by atoms with Crippen LogP contribution in [0, 0.1) is 11.7 Å². The molecule has 2 saturated heterocycles. The van der Waals surface area contributed by atoms with Crippen LogP contribution in [0.2, 0.25) is 0 Å². The summed E-state index contributed by atoms with van der Waals surface area (Å²) in [5.41, 5.74) is 0.631. The number of carbonyl (C=O) groups excluding carboxylic acids is 2. The van der Waals surface area contributed by atoms with E-state index in [1.54, 1.807) is 34.1 Å². The average Bonchev–Trinajstić information content (AvgIpc) is 2.83. The summed E-state index contributed by atoms with van der Waals surface area (Å²) < 4.78 is 19.0. The van der Waals surface area contributed by atoms with E-state index in [0.717, 1.165) is 12.8 Å². The number of hydrogen-bond acceptors (Lipinski definition) is 4. The number of hydrogen-bond donors (Lipinski definition) is 0. The lowest BCUT2D eigenvalue weighted by Crippen LogP contribution is -2.56. The monoisotopic (exact) mass is 434 g/mol. The second-order valence-electron chi connectivity index (χ2n) is 8.49. The Morgan fingerprint density at radius 3 is 2.56 bits per heavy atom. The molecule has 0 saturated carbocycles. The third-order valence-corrected chi connectivity index (χ3v) is 6.55. The first-order valence-electron chi connectivity index (χ1n) is 10.9. The molecule has 3 heterocycles. The molecule has 0 radical (unpaired) electrons. The summed E-state index contributed by atoms with van der Waals surface area (Å²) in [6.07, 6.45) is 2.40. The molecule has 2 fully saturated rings. The molecule has 0 bridgehead atoms. The molecule has 1 aromatic heterocycles. The van der Waals surface area contributed by atoms with Crippen molar-refractivity contribution in [3.8, 4) is 0 Å². The lowest BCUT2D eigenvalue weighted by atomic mass is 9.83. The number of para-hydroxylation sites is 1. The van der Waals surface area contributed by atoms with E-state index < -0.39 is 0 Å².